The lowest BCUT2D eigenvalue weighted by atomic mass is 10.3. The zero-order valence-electron chi connectivity index (χ0n) is 10.6. The Morgan fingerprint density at radius 1 is 1.60 bits per heavy atom. The Kier molecular flexibility index (Phi) is 4.65. The lowest BCUT2D eigenvalue weighted by Crippen LogP contribution is -2.50. The van der Waals surface area contributed by atoms with E-state index in [0.717, 1.165) is 15.6 Å². The number of hydrogen-bond donors (Lipinski definition) is 2. The van der Waals surface area contributed by atoms with Crippen LogP contribution in [0, 0.1) is 0 Å². The summed E-state index contributed by atoms with van der Waals surface area (Å²) in [5, 5.41) is 18.9. The smallest absolute Gasteiger partial charge is 0.272 e. The molecule has 0 spiro atoms. The van der Waals surface area contributed by atoms with Gasteiger partial charge in [0.15, 0.2) is 0 Å². The van der Waals surface area contributed by atoms with E-state index in [2.05, 4.69) is 15.5 Å². The van der Waals surface area contributed by atoms with Crippen LogP contribution in [0.2, 0.25) is 0 Å². The monoisotopic (exact) mass is 322 g/mol. The number of carbonyl (C=O) groups is 1. The number of aliphatic hydroxyl groups is 1. The third kappa shape index (κ3) is 3.12. The highest BCUT2D eigenvalue weighted by molar-refractivity contribution is 7.91. The predicted molar refractivity (Wildman–Crippen MR) is 69.8 cm³/mol. The number of sulfonamides is 1. The van der Waals surface area contributed by atoms with Crippen LogP contribution >= 0.6 is 11.3 Å². The van der Waals surface area contributed by atoms with Crippen LogP contribution in [0.1, 0.15) is 6.92 Å². The van der Waals surface area contributed by atoms with E-state index in [4.69, 9.17) is 4.74 Å². The van der Waals surface area contributed by atoms with Crippen LogP contribution < -0.4 is 5.32 Å². The van der Waals surface area contributed by atoms with Crippen molar-refractivity contribution >= 4 is 32.4 Å². The van der Waals surface area contributed by atoms with E-state index in [0.29, 0.717) is 0 Å². The lowest BCUT2D eigenvalue weighted by molar-refractivity contribution is -0.114. The summed E-state index contributed by atoms with van der Waals surface area (Å²) in [6, 6.07) is -0.637. The van der Waals surface area contributed by atoms with Crippen molar-refractivity contribution in [2.24, 2.45) is 0 Å². The molecule has 0 bridgehead atoms. The summed E-state index contributed by atoms with van der Waals surface area (Å²) < 4.78 is 30.9. The van der Waals surface area contributed by atoms with Crippen LogP contribution in [0.15, 0.2) is 4.34 Å². The van der Waals surface area contributed by atoms with Gasteiger partial charge in [-0.25, -0.2) is 8.42 Å². The minimum absolute atomic E-state index is 0.116. The van der Waals surface area contributed by atoms with Gasteiger partial charge in [0.05, 0.1) is 25.9 Å². The van der Waals surface area contributed by atoms with Gasteiger partial charge in [-0.05, 0) is 0 Å². The maximum Gasteiger partial charge on any atom is 0.272 e. The minimum Gasteiger partial charge on any atom is -0.395 e. The number of nitrogens with one attached hydrogen (secondary N) is 1. The second kappa shape index (κ2) is 6.10. The van der Waals surface area contributed by atoms with Gasteiger partial charge in [0.1, 0.15) is 0 Å². The fourth-order valence-corrected chi connectivity index (χ4v) is 4.36. The molecule has 9 nitrogen and oxygen atoms in total. The number of aromatic nitrogens is 2. The van der Waals surface area contributed by atoms with Gasteiger partial charge in [-0.2, -0.15) is 4.31 Å². The van der Waals surface area contributed by atoms with Crippen LogP contribution in [-0.4, -0.2) is 66.3 Å². The van der Waals surface area contributed by atoms with Gasteiger partial charge in [-0.1, -0.05) is 11.3 Å². The number of nitrogens with zero attached hydrogens (tertiary/aromatic N) is 3. The molecular formula is C9H14N4O5S2. The molecule has 1 atom stereocenters. The first-order chi connectivity index (χ1) is 9.45. The highest BCUT2D eigenvalue weighted by Gasteiger charge is 2.36. The zero-order chi connectivity index (χ0) is 14.8. The molecule has 2 rings (SSSR count). The van der Waals surface area contributed by atoms with Crippen LogP contribution in [0.4, 0.5) is 5.13 Å². The van der Waals surface area contributed by atoms with Crippen LogP contribution in [-0.2, 0) is 19.6 Å². The number of morpholine rings is 1. The molecule has 0 aromatic carbocycles. The van der Waals surface area contributed by atoms with Gasteiger partial charge in [-0.15, -0.1) is 10.2 Å². The lowest BCUT2D eigenvalue weighted by Gasteiger charge is -2.32. The van der Waals surface area contributed by atoms with Gasteiger partial charge < -0.3 is 15.2 Å². The average Bonchev–Trinajstić information content (AvgIpc) is 2.87. The molecule has 0 aliphatic carbocycles. The molecule has 1 amide bonds. The van der Waals surface area contributed by atoms with E-state index in [1.165, 1.54) is 6.92 Å². The summed E-state index contributed by atoms with van der Waals surface area (Å²) in [6.45, 7) is 1.48. The number of ether oxygens (including phenoxy) is 1. The van der Waals surface area contributed by atoms with Gasteiger partial charge in [0.2, 0.25) is 15.4 Å². The summed E-state index contributed by atoms with van der Waals surface area (Å²) in [5.74, 6) is -0.357. The minimum atomic E-state index is -3.85. The van der Waals surface area contributed by atoms with E-state index in [9.17, 15) is 18.3 Å². The number of anilines is 1. The van der Waals surface area contributed by atoms with E-state index in [1.807, 2.05) is 0 Å². The summed E-state index contributed by atoms with van der Waals surface area (Å²) in [5.41, 5.74) is 0. The van der Waals surface area contributed by atoms with E-state index in [-0.39, 0.29) is 41.7 Å². The molecule has 0 radical (unpaired) electrons. The molecule has 2 N–H and O–H groups in total. The van der Waals surface area contributed by atoms with Crippen molar-refractivity contribution in [3.8, 4) is 0 Å². The van der Waals surface area contributed by atoms with E-state index < -0.39 is 16.1 Å². The second-order valence-corrected chi connectivity index (χ2v) is 7.12. The van der Waals surface area contributed by atoms with Gasteiger partial charge >= 0.3 is 0 Å². The summed E-state index contributed by atoms with van der Waals surface area (Å²) in [7, 11) is -3.85. The predicted octanol–water partition coefficient (Wildman–Crippen LogP) is -1.12. The fraction of sp³-hybridized carbons (Fsp3) is 0.667. The molecule has 1 unspecified atom stereocenters. The molecule has 112 valence electrons. The molecule has 1 aliphatic heterocycles. The van der Waals surface area contributed by atoms with Gasteiger partial charge in [0, 0.05) is 13.5 Å². The fourth-order valence-electron chi connectivity index (χ4n) is 1.72. The largest absolute Gasteiger partial charge is 0.395 e. The zero-order valence-corrected chi connectivity index (χ0v) is 12.3. The molecule has 1 aromatic rings. The third-order valence-corrected chi connectivity index (χ3v) is 5.74. The summed E-state index contributed by atoms with van der Waals surface area (Å²) in [4.78, 5) is 10.9. The SMILES string of the molecule is CC(=O)Nc1nnc(S(=O)(=O)N2CCOCC2CO)s1. The molecule has 11 heteroatoms. The van der Waals surface area contributed by atoms with E-state index in [1.54, 1.807) is 0 Å². The molecule has 2 heterocycles. The highest BCUT2D eigenvalue weighted by atomic mass is 32.2. The second-order valence-electron chi connectivity index (χ2n) is 4.08. The van der Waals surface area contributed by atoms with Crippen molar-refractivity contribution in [1.82, 2.24) is 14.5 Å². The summed E-state index contributed by atoms with van der Waals surface area (Å²) >= 11 is 0.768. The van der Waals surface area contributed by atoms with Crippen molar-refractivity contribution in [1.29, 1.82) is 0 Å². The first-order valence-electron chi connectivity index (χ1n) is 5.76. The molecule has 0 saturated carbocycles. The molecule has 1 saturated heterocycles. The maximum absolute atomic E-state index is 12.4. The Morgan fingerprint density at radius 2 is 2.35 bits per heavy atom. The van der Waals surface area contributed by atoms with Crippen molar-refractivity contribution < 1.29 is 23.1 Å². The van der Waals surface area contributed by atoms with Crippen molar-refractivity contribution in [2.45, 2.75) is 17.3 Å². The number of amides is 1. The Morgan fingerprint density at radius 3 is 3.00 bits per heavy atom. The van der Waals surface area contributed by atoms with E-state index >= 15 is 0 Å². The van der Waals surface area contributed by atoms with Crippen LogP contribution in [0.3, 0.4) is 0 Å². The number of hydrogen-bond acceptors (Lipinski definition) is 8. The number of aliphatic hydroxyl groups excluding tert-OH is 1. The average molecular weight is 322 g/mol. The third-order valence-electron chi connectivity index (χ3n) is 2.60. The van der Waals surface area contributed by atoms with Crippen molar-refractivity contribution in [2.75, 3.05) is 31.7 Å². The van der Waals surface area contributed by atoms with Crippen molar-refractivity contribution in [3.05, 3.63) is 0 Å². The Balaban J connectivity index is 2.24. The van der Waals surface area contributed by atoms with Crippen LogP contribution in [0.25, 0.3) is 0 Å². The van der Waals surface area contributed by atoms with Gasteiger partial charge in [0.25, 0.3) is 10.0 Å². The number of rotatable bonds is 4. The van der Waals surface area contributed by atoms with Crippen molar-refractivity contribution in [3.63, 3.8) is 0 Å². The molecule has 20 heavy (non-hydrogen) atoms. The first-order valence-corrected chi connectivity index (χ1v) is 8.02. The first kappa shape index (κ1) is 15.3. The normalized spacial score (nSPS) is 20.8. The molecule has 1 aliphatic rings. The quantitative estimate of drug-likeness (QED) is 0.673. The molecule has 1 fully saturated rings. The highest BCUT2D eigenvalue weighted by Crippen LogP contribution is 2.25. The Bertz CT molecular complexity index is 587. The molecule has 1 aromatic heterocycles. The van der Waals surface area contributed by atoms with Crippen LogP contribution in [0.5, 0.6) is 0 Å². The number of carbonyl (C=O) groups excluding carboxylic acids is 1. The standard InChI is InChI=1S/C9H14N4O5S2/c1-6(15)10-8-11-12-9(19-8)20(16,17)13-2-3-18-5-7(13)4-14/h7,14H,2-5H2,1H3,(H,10,11,15). The Hall–Kier alpha value is -1.14. The molecular weight excluding hydrogens is 308 g/mol. The Labute approximate surface area is 119 Å². The maximum atomic E-state index is 12.4. The topological polar surface area (TPSA) is 122 Å². The summed E-state index contributed by atoms with van der Waals surface area (Å²) in [6.07, 6.45) is 0. The van der Waals surface area contributed by atoms with Gasteiger partial charge in [-0.3, -0.25) is 4.79 Å².